The van der Waals surface area contributed by atoms with Gasteiger partial charge in [0.2, 0.25) is 5.91 Å². The summed E-state index contributed by atoms with van der Waals surface area (Å²) in [7, 11) is -3.84. The van der Waals surface area contributed by atoms with E-state index in [4.69, 9.17) is 14.7 Å². The minimum atomic E-state index is -3.84. The molecule has 52 heavy (non-hydrogen) atoms. The van der Waals surface area contributed by atoms with Gasteiger partial charge in [-0.1, -0.05) is 48.9 Å². The molecule has 0 saturated carbocycles. The van der Waals surface area contributed by atoms with Crippen molar-refractivity contribution in [3.63, 3.8) is 0 Å². The molecule has 270 valence electrons. The molecule has 0 radical (unpaired) electrons. The minimum Gasteiger partial charge on any atom is -0.379 e. The van der Waals surface area contributed by atoms with Crippen LogP contribution in [0.5, 0.6) is 0 Å². The Labute approximate surface area is 306 Å². The summed E-state index contributed by atoms with van der Waals surface area (Å²) in [4.78, 5) is 29.9. The molecular weight excluding hydrogens is 673 g/mol. The van der Waals surface area contributed by atoms with Crippen LogP contribution in [0.3, 0.4) is 0 Å². The zero-order valence-electron chi connectivity index (χ0n) is 30.8. The second-order valence-electron chi connectivity index (χ2n) is 15.2. The first-order chi connectivity index (χ1) is 24.8. The van der Waals surface area contributed by atoms with Gasteiger partial charge >= 0.3 is 0 Å². The Kier molecular flexibility index (Phi) is 8.41. The number of amides is 1. The number of aryl methyl sites for hydroxylation is 3. The number of fused-ring (bicyclic) bond motifs is 2. The average Bonchev–Trinajstić information content (AvgIpc) is 3.47. The van der Waals surface area contributed by atoms with Gasteiger partial charge in [0.25, 0.3) is 10.0 Å². The van der Waals surface area contributed by atoms with Crippen molar-refractivity contribution in [3.8, 4) is 11.4 Å². The summed E-state index contributed by atoms with van der Waals surface area (Å²) in [6, 6.07) is 19.5. The molecule has 1 amide bonds. The summed E-state index contributed by atoms with van der Waals surface area (Å²) in [5.41, 5.74) is 9.10. The van der Waals surface area contributed by atoms with E-state index in [0.29, 0.717) is 37.5 Å². The molecule has 1 unspecified atom stereocenters. The molecule has 8 rings (SSSR count). The third-order valence-corrected chi connectivity index (χ3v) is 13.0. The number of nitrogens with zero attached hydrogens (tertiary/aromatic N) is 6. The highest BCUT2D eigenvalue weighted by Crippen LogP contribution is 2.40. The molecule has 2 aromatic heterocycles. The molecule has 0 aliphatic carbocycles. The van der Waals surface area contributed by atoms with Crippen LogP contribution in [-0.4, -0.2) is 78.6 Å². The highest BCUT2D eigenvalue weighted by Gasteiger charge is 2.37. The van der Waals surface area contributed by atoms with E-state index >= 15 is 0 Å². The Bertz CT molecular complexity index is 2330. The Morgan fingerprint density at radius 1 is 0.942 bits per heavy atom. The summed E-state index contributed by atoms with van der Waals surface area (Å²) in [5, 5.41) is 0.817. The zero-order valence-corrected chi connectivity index (χ0v) is 31.6. The standard InChI is InChI=1S/C41H46N6O4S/c1-26-10-14-32(15-11-26)52(49,50)47-21-28(3)38-33(8-7-9-36(38)47)39-42-35-16-17-45(37-20-31(13-12-27(37)2)41(6)24-51-25-41)23-34(35)40(43-39)46-19-18-44(30(5)48)22-29(46)4/h7-15,20-21,29H,16-19,22-25H2,1-6H3. The first kappa shape index (κ1) is 34.4. The summed E-state index contributed by atoms with van der Waals surface area (Å²) < 4.78 is 34.9. The molecule has 0 N–H and O–H groups in total. The number of benzene rings is 3. The molecule has 0 spiro atoms. The molecule has 5 heterocycles. The molecule has 1 atom stereocenters. The average molecular weight is 719 g/mol. The summed E-state index contributed by atoms with van der Waals surface area (Å²) in [6.07, 6.45) is 2.44. The smallest absolute Gasteiger partial charge is 0.268 e. The fraction of sp³-hybridized carbons (Fsp3) is 0.390. The normalized spacial score (nSPS) is 18.7. The van der Waals surface area contributed by atoms with E-state index in [1.54, 1.807) is 25.3 Å². The van der Waals surface area contributed by atoms with Crippen LogP contribution >= 0.6 is 0 Å². The van der Waals surface area contributed by atoms with Crippen molar-refractivity contribution in [2.75, 3.05) is 49.2 Å². The van der Waals surface area contributed by atoms with Gasteiger partial charge in [-0.2, -0.15) is 0 Å². The number of carbonyl (C=O) groups is 1. The molecule has 2 fully saturated rings. The zero-order chi connectivity index (χ0) is 36.5. The summed E-state index contributed by atoms with van der Waals surface area (Å²) >= 11 is 0. The van der Waals surface area contributed by atoms with Crippen molar-refractivity contribution in [3.05, 3.63) is 100 Å². The van der Waals surface area contributed by atoms with Gasteiger partial charge in [0.15, 0.2) is 5.82 Å². The third kappa shape index (κ3) is 5.74. The van der Waals surface area contributed by atoms with Crippen molar-refractivity contribution in [2.24, 2.45) is 0 Å². The van der Waals surface area contributed by atoms with Crippen LogP contribution in [0.15, 0.2) is 71.8 Å². The number of ether oxygens (including phenoxy) is 1. The van der Waals surface area contributed by atoms with Crippen molar-refractivity contribution in [2.45, 2.75) is 70.9 Å². The molecule has 0 bridgehead atoms. The lowest BCUT2D eigenvalue weighted by molar-refractivity contribution is -0.129. The highest BCUT2D eigenvalue weighted by atomic mass is 32.2. The summed E-state index contributed by atoms with van der Waals surface area (Å²) in [6.45, 7) is 16.9. The van der Waals surface area contributed by atoms with Gasteiger partial charge in [0.05, 0.1) is 29.3 Å². The van der Waals surface area contributed by atoms with Crippen molar-refractivity contribution in [1.29, 1.82) is 0 Å². The second kappa shape index (κ2) is 12.7. The number of rotatable bonds is 6. The van der Waals surface area contributed by atoms with E-state index in [2.05, 4.69) is 48.8 Å². The topological polar surface area (TPSA) is 101 Å². The molecule has 3 aliphatic heterocycles. The van der Waals surface area contributed by atoms with Crippen LogP contribution in [-0.2, 0) is 37.9 Å². The largest absolute Gasteiger partial charge is 0.379 e. The number of carbonyl (C=O) groups excluding carboxylic acids is 1. The maximum atomic E-state index is 13.9. The lowest BCUT2D eigenvalue weighted by Gasteiger charge is -2.42. The first-order valence-corrected chi connectivity index (χ1v) is 19.6. The Morgan fingerprint density at radius 3 is 2.40 bits per heavy atom. The van der Waals surface area contributed by atoms with Crippen LogP contribution in [0.4, 0.5) is 11.5 Å². The maximum absolute atomic E-state index is 13.9. The van der Waals surface area contributed by atoms with Gasteiger partial charge in [-0.25, -0.2) is 22.4 Å². The fourth-order valence-electron chi connectivity index (χ4n) is 8.08. The van der Waals surface area contributed by atoms with Gasteiger partial charge in [0, 0.05) is 85.9 Å². The summed E-state index contributed by atoms with van der Waals surface area (Å²) in [5.74, 6) is 1.55. The SMILES string of the molecule is CC(=O)N1CCN(c2nc(-c3cccc4c3c(C)cn4S(=O)(=O)c3ccc(C)cc3)nc3c2CN(c2cc(C4(C)COC4)ccc2C)CC3)C(C)C1. The van der Waals surface area contributed by atoms with Crippen LogP contribution < -0.4 is 9.80 Å². The number of anilines is 2. The Hall–Kier alpha value is -4.74. The molecule has 11 heteroatoms. The van der Waals surface area contributed by atoms with Crippen molar-refractivity contribution < 1.29 is 17.9 Å². The predicted molar refractivity (Wildman–Crippen MR) is 205 cm³/mol. The monoisotopic (exact) mass is 718 g/mol. The number of hydrogen-bond donors (Lipinski definition) is 0. The second-order valence-corrected chi connectivity index (χ2v) is 17.0. The quantitative estimate of drug-likeness (QED) is 0.206. The van der Waals surface area contributed by atoms with Gasteiger partial charge < -0.3 is 19.4 Å². The van der Waals surface area contributed by atoms with E-state index in [1.807, 2.05) is 49.1 Å². The third-order valence-electron chi connectivity index (χ3n) is 11.3. The predicted octanol–water partition coefficient (Wildman–Crippen LogP) is 6.17. The van der Waals surface area contributed by atoms with Gasteiger partial charge in [0.1, 0.15) is 5.82 Å². The van der Waals surface area contributed by atoms with E-state index in [-0.39, 0.29) is 22.3 Å². The van der Waals surface area contributed by atoms with E-state index < -0.39 is 10.0 Å². The lowest BCUT2D eigenvalue weighted by atomic mass is 9.80. The van der Waals surface area contributed by atoms with E-state index in [1.165, 1.54) is 20.8 Å². The lowest BCUT2D eigenvalue weighted by Crippen LogP contribution is -2.54. The highest BCUT2D eigenvalue weighted by molar-refractivity contribution is 7.90. The molecule has 2 saturated heterocycles. The maximum Gasteiger partial charge on any atom is 0.268 e. The molecule has 3 aliphatic rings. The van der Waals surface area contributed by atoms with Crippen LogP contribution in [0.25, 0.3) is 22.3 Å². The molecule has 5 aromatic rings. The van der Waals surface area contributed by atoms with Crippen LogP contribution in [0, 0.1) is 20.8 Å². The number of piperazine rings is 1. The van der Waals surface area contributed by atoms with Gasteiger partial charge in [-0.15, -0.1) is 0 Å². The minimum absolute atomic E-state index is 0.0305. The molecular formula is C41H46N6O4S. The number of aromatic nitrogens is 3. The molecule has 10 nitrogen and oxygen atoms in total. The van der Waals surface area contributed by atoms with Crippen molar-refractivity contribution in [1.82, 2.24) is 18.8 Å². The van der Waals surface area contributed by atoms with E-state index in [9.17, 15) is 13.2 Å². The molecule has 3 aromatic carbocycles. The van der Waals surface area contributed by atoms with Crippen LogP contribution in [0.2, 0.25) is 0 Å². The van der Waals surface area contributed by atoms with Crippen LogP contribution in [0.1, 0.15) is 54.3 Å². The van der Waals surface area contributed by atoms with Gasteiger partial charge in [-0.3, -0.25) is 4.79 Å². The van der Waals surface area contributed by atoms with E-state index in [0.717, 1.165) is 65.3 Å². The number of hydrogen-bond acceptors (Lipinski definition) is 8. The Morgan fingerprint density at radius 2 is 1.71 bits per heavy atom. The first-order valence-electron chi connectivity index (χ1n) is 18.1. The fourth-order valence-corrected chi connectivity index (χ4v) is 9.49. The van der Waals surface area contributed by atoms with Gasteiger partial charge in [-0.05, 0) is 68.7 Å². The Balaban J connectivity index is 1.24. The van der Waals surface area contributed by atoms with Crippen molar-refractivity contribution >= 4 is 38.3 Å².